The van der Waals surface area contributed by atoms with Gasteiger partial charge in [0.25, 0.3) is 11.5 Å². The largest absolute Gasteiger partial charge is 0.349 e. The van der Waals surface area contributed by atoms with Crippen LogP contribution in [0.5, 0.6) is 0 Å². The van der Waals surface area contributed by atoms with Crippen LogP contribution in [-0.4, -0.2) is 16.5 Å². The summed E-state index contributed by atoms with van der Waals surface area (Å²) in [6.45, 7) is 8.00. The van der Waals surface area contributed by atoms with Gasteiger partial charge in [-0.2, -0.15) is 0 Å². The van der Waals surface area contributed by atoms with Crippen LogP contribution in [-0.2, 0) is 6.42 Å². The molecule has 2 aliphatic rings. The van der Waals surface area contributed by atoms with E-state index in [9.17, 15) is 9.59 Å². The van der Waals surface area contributed by atoms with Crippen LogP contribution in [0.1, 0.15) is 93.1 Å². The van der Waals surface area contributed by atoms with Gasteiger partial charge in [-0.05, 0) is 54.8 Å². The Hall–Kier alpha value is -1.88. The number of amides is 1. The van der Waals surface area contributed by atoms with E-state index in [0.717, 1.165) is 38.5 Å². The Morgan fingerprint density at radius 1 is 1.07 bits per heavy atom. The molecule has 0 aliphatic heterocycles. The highest BCUT2D eigenvalue weighted by Gasteiger charge is 2.27. The van der Waals surface area contributed by atoms with Crippen LogP contribution in [0.3, 0.4) is 0 Å². The predicted octanol–water partition coefficient (Wildman–Crippen LogP) is 5.56. The molecular weight excluding hydrogens is 368 g/mol. The molecule has 2 aromatic rings. The van der Waals surface area contributed by atoms with Gasteiger partial charge in [0.2, 0.25) is 0 Å². The average molecular weight is 403 g/mol. The number of thiophene rings is 1. The van der Waals surface area contributed by atoms with Crippen molar-refractivity contribution in [2.24, 2.45) is 0 Å². The van der Waals surface area contributed by atoms with E-state index in [0.29, 0.717) is 0 Å². The summed E-state index contributed by atoms with van der Waals surface area (Å²) >= 11 is 1.76. The number of carbonyl (C=O) groups excluding carboxylic acids is 1. The Bertz CT molecular complexity index is 803. The molecule has 0 spiro atoms. The van der Waals surface area contributed by atoms with Gasteiger partial charge in [-0.15, -0.1) is 11.3 Å². The lowest BCUT2D eigenvalue weighted by molar-refractivity contribution is 0.0925. The zero-order valence-electron chi connectivity index (χ0n) is 17.7. The molecular formula is C23H34N2O2S. The van der Waals surface area contributed by atoms with Gasteiger partial charge in [-0.3, -0.25) is 9.59 Å². The predicted molar refractivity (Wildman–Crippen MR) is 119 cm³/mol. The number of aryl methyl sites for hydroxylation is 1. The molecule has 4 rings (SSSR count). The molecule has 2 aromatic heterocycles. The highest BCUT2D eigenvalue weighted by molar-refractivity contribution is 7.10. The summed E-state index contributed by atoms with van der Waals surface area (Å²) in [5.74, 6) is -0.218. The van der Waals surface area contributed by atoms with Gasteiger partial charge in [-0.25, -0.2) is 0 Å². The topological polar surface area (TPSA) is 51.1 Å². The van der Waals surface area contributed by atoms with Gasteiger partial charge >= 0.3 is 0 Å². The van der Waals surface area contributed by atoms with E-state index in [2.05, 4.69) is 16.8 Å². The van der Waals surface area contributed by atoms with E-state index >= 15 is 0 Å². The normalized spacial score (nSPS) is 18.2. The van der Waals surface area contributed by atoms with Crippen molar-refractivity contribution in [3.63, 3.8) is 0 Å². The minimum Gasteiger partial charge on any atom is -0.349 e. The maximum atomic E-state index is 12.9. The number of pyridine rings is 1. The fourth-order valence-electron chi connectivity index (χ4n) is 4.00. The number of nitrogens with one attached hydrogen (secondary N) is 1. The van der Waals surface area contributed by atoms with E-state index in [4.69, 9.17) is 0 Å². The molecule has 2 aliphatic carbocycles. The highest BCUT2D eigenvalue weighted by atomic mass is 32.1. The molecule has 5 heteroatoms. The van der Waals surface area contributed by atoms with Crippen molar-refractivity contribution in [3.05, 3.63) is 56.1 Å². The molecule has 28 heavy (non-hydrogen) atoms. The minimum atomic E-state index is -0.218. The number of fused-ring (bicyclic) bond motifs is 1. The van der Waals surface area contributed by atoms with Crippen LogP contribution in [0.25, 0.3) is 0 Å². The SMILES string of the molecule is CC.CC.O=C(NC1CCCCC1)c1cccn(C2CCc3sccc32)c1=O. The van der Waals surface area contributed by atoms with Crippen molar-refractivity contribution in [2.45, 2.75) is 84.7 Å². The Morgan fingerprint density at radius 2 is 1.79 bits per heavy atom. The number of carbonyl (C=O) groups is 1. The van der Waals surface area contributed by atoms with Crippen LogP contribution in [0.2, 0.25) is 0 Å². The maximum absolute atomic E-state index is 12.9. The number of nitrogens with zero attached hydrogens (tertiary/aromatic N) is 1. The van der Waals surface area contributed by atoms with E-state index in [1.807, 2.05) is 40.0 Å². The molecule has 1 N–H and O–H groups in total. The summed E-state index contributed by atoms with van der Waals surface area (Å²) < 4.78 is 1.74. The fraction of sp³-hybridized carbons (Fsp3) is 0.565. The summed E-state index contributed by atoms with van der Waals surface area (Å²) in [6.07, 6.45) is 9.38. The van der Waals surface area contributed by atoms with Gasteiger partial charge in [0.15, 0.2) is 0 Å². The van der Waals surface area contributed by atoms with Crippen molar-refractivity contribution >= 4 is 17.2 Å². The molecule has 0 bridgehead atoms. The monoisotopic (exact) mass is 402 g/mol. The molecule has 154 valence electrons. The molecule has 4 nitrogen and oxygen atoms in total. The number of rotatable bonds is 3. The smallest absolute Gasteiger partial charge is 0.263 e. The van der Waals surface area contributed by atoms with Crippen molar-refractivity contribution < 1.29 is 4.79 Å². The van der Waals surface area contributed by atoms with Gasteiger partial charge in [0.1, 0.15) is 5.56 Å². The quantitative estimate of drug-likeness (QED) is 0.731. The first kappa shape index (κ1) is 22.4. The standard InChI is InChI=1S/C19H22N2O2S.2C2H6/c22-18(20-13-5-2-1-3-6-13)15-7-4-11-21(19(15)23)16-8-9-17-14(16)10-12-24-17;2*1-2/h4,7,10-13,16H,1-3,5-6,8-9H2,(H,20,22);2*1-2H3. The third kappa shape index (κ3) is 4.93. The first-order valence-corrected chi connectivity index (χ1v) is 11.7. The first-order chi connectivity index (χ1) is 13.7. The van der Waals surface area contributed by atoms with E-state index in [-0.39, 0.29) is 29.1 Å². The van der Waals surface area contributed by atoms with Crippen molar-refractivity contribution in [1.82, 2.24) is 9.88 Å². The third-order valence-electron chi connectivity index (χ3n) is 5.28. The second-order valence-electron chi connectivity index (χ2n) is 6.80. The zero-order valence-corrected chi connectivity index (χ0v) is 18.5. The summed E-state index contributed by atoms with van der Waals surface area (Å²) in [6, 6.07) is 5.87. The number of hydrogen-bond acceptors (Lipinski definition) is 3. The molecule has 1 fully saturated rings. The molecule has 1 unspecified atom stereocenters. The van der Waals surface area contributed by atoms with Crippen LogP contribution in [0, 0.1) is 0 Å². The van der Waals surface area contributed by atoms with Gasteiger partial charge in [0, 0.05) is 17.1 Å². The number of aromatic nitrogens is 1. The van der Waals surface area contributed by atoms with Crippen LogP contribution in [0.15, 0.2) is 34.6 Å². The molecule has 1 amide bonds. The lowest BCUT2D eigenvalue weighted by atomic mass is 9.95. The molecule has 0 aromatic carbocycles. The summed E-state index contributed by atoms with van der Waals surface area (Å²) in [4.78, 5) is 26.8. The average Bonchev–Trinajstić information content (AvgIpc) is 3.36. The second kappa shape index (κ2) is 11.2. The summed E-state index contributed by atoms with van der Waals surface area (Å²) in [5.41, 5.74) is 1.34. The lowest BCUT2D eigenvalue weighted by Crippen LogP contribution is -2.40. The Kier molecular flexibility index (Phi) is 8.97. The van der Waals surface area contributed by atoms with Crippen molar-refractivity contribution in [2.75, 3.05) is 0 Å². The van der Waals surface area contributed by atoms with Crippen LogP contribution >= 0.6 is 11.3 Å². The highest BCUT2D eigenvalue weighted by Crippen LogP contribution is 2.36. The van der Waals surface area contributed by atoms with Gasteiger partial charge < -0.3 is 9.88 Å². The first-order valence-electron chi connectivity index (χ1n) is 10.8. The van der Waals surface area contributed by atoms with Crippen LogP contribution in [0.4, 0.5) is 0 Å². The minimum absolute atomic E-state index is 0.0705. The maximum Gasteiger partial charge on any atom is 0.263 e. The molecule has 2 heterocycles. The summed E-state index contributed by atoms with van der Waals surface area (Å²) in [7, 11) is 0. The lowest BCUT2D eigenvalue weighted by Gasteiger charge is -2.23. The fourth-order valence-corrected chi connectivity index (χ4v) is 4.96. The van der Waals surface area contributed by atoms with Gasteiger partial charge in [-0.1, -0.05) is 47.0 Å². The third-order valence-corrected chi connectivity index (χ3v) is 6.28. The zero-order chi connectivity index (χ0) is 20.5. The van der Waals surface area contributed by atoms with E-state index < -0.39 is 0 Å². The Balaban J connectivity index is 0.000000660. The molecule has 1 saturated carbocycles. The Labute approximate surface area is 173 Å². The van der Waals surface area contributed by atoms with Crippen molar-refractivity contribution in [3.8, 4) is 0 Å². The molecule has 0 saturated heterocycles. The summed E-state index contributed by atoms with van der Waals surface area (Å²) in [5, 5.41) is 5.14. The second-order valence-corrected chi connectivity index (χ2v) is 7.80. The molecule has 0 radical (unpaired) electrons. The Morgan fingerprint density at radius 3 is 2.50 bits per heavy atom. The van der Waals surface area contributed by atoms with Crippen LogP contribution < -0.4 is 10.9 Å². The van der Waals surface area contributed by atoms with Crippen molar-refractivity contribution in [1.29, 1.82) is 0 Å². The van der Waals surface area contributed by atoms with Gasteiger partial charge in [0.05, 0.1) is 6.04 Å². The van der Waals surface area contributed by atoms with E-state index in [1.165, 1.54) is 16.9 Å². The van der Waals surface area contributed by atoms with E-state index in [1.54, 1.807) is 22.0 Å². The molecule has 1 atom stereocenters. The number of hydrogen-bond donors (Lipinski definition) is 1.